The minimum Gasteiger partial charge on any atom is -0.373 e. The Morgan fingerprint density at radius 2 is 2.04 bits per heavy atom. The molecule has 140 valence electrons. The van der Waals surface area contributed by atoms with Gasteiger partial charge in [0.25, 0.3) is 0 Å². The highest BCUT2D eigenvalue weighted by molar-refractivity contribution is 5.51. The number of anilines is 3. The second kappa shape index (κ2) is 7.30. The molecule has 0 aromatic carbocycles. The van der Waals surface area contributed by atoms with Crippen LogP contribution in [0.4, 0.5) is 30.6 Å². The average molecular weight is 367 g/mol. The van der Waals surface area contributed by atoms with Crippen LogP contribution in [0.15, 0.2) is 18.5 Å². The van der Waals surface area contributed by atoms with Gasteiger partial charge in [0.05, 0.1) is 5.69 Å². The van der Waals surface area contributed by atoms with Crippen molar-refractivity contribution < 1.29 is 13.2 Å². The van der Waals surface area contributed by atoms with E-state index in [2.05, 4.69) is 35.7 Å². The number of nitrogens with zero attached hydrogens (tertiary/aromatic N) is 5. The lowest BCUT2D eigenvalue weighted by molar-refractivity contribution is -0.137. The summed E-state index contributed by atoms with van der Waals surface area (Å²) in [7, 11) is 1.77. The zero-order valence-electron chi connectivity index (χ0n) is 14.5. The van der Waals surface area contributed by atoms with Gasteiger partial charge in [-0.3, -0.25) is 0 Å². The first-order valence-electron chi connectivity index (χ1n) is 8.30. The third kappa shape index (κ3) is 3.94. The second-order valence-corrected chi connectivity index (χ2v) is 6.13. The van der Waals surface area contributed by atoms with E-state index in [1.165, 1.54) is 13.3 Å². The largest absolute Gasteiger partial charge is 0.420 e. The summed E-state index contributed by atoms with van der Waals surface area (Å²) >= 11 is 0. The number of nitrogens with one attached hydrogen (secondary N) is 2. The number of hydrogen-bond donors (Lipinski definition) is 2. The van der Waals surface area contributed by atoms with E-state index >= 15 is 0 Å². The normalized spacial score (nSPS) is 17.4. The van der Waals surface area contributed by atoms with Crippen LogP contribution in [-0.2, 0) is 6.18 Å². The second-order valence-electron chi connectivity index (χ2n) is 6.13. The van der Waals surface area contributed by atoms with Crippen molar-refractivity contribution >= 4 is 17.5 Å². The van der Waals surface area contributed by atoms with E-state index in [4.69, 9.17) is 0 Å². The summed E-state index contributed by atoms with van der Waals surface area (Å²) in [5.74, 6) is 1.20. The van der Waals surface area contributed by atoms with Crippen molar-refractivity contribution in [3.05, 3.63) is 29.7 Å². The highest BCUT2D eigenvalue weighted by Crippen LogP contribution is 2.34. The summed E-state index contributed by atoms with van der Waals surface area (Å²) in [6, 6.07) is 2.84. The maximum Gasteiger partial charge on any atom is 0.420 e. The monoisotopic (exact) mass is 367 g/mol. The van der Waals surface area contributed by atoms with Crippen molar-refractivity contribution in [2.75, 3.05) is 35.7 Å². The maximum atomic E-state index is 13.2. The summed E-state index contributed by atoms with van der Waals surface area (Å²) in [5, 5.41) is 13.2. The number of aromatic nitrogens is 4. The minimum absolute atomic E-state index is 0.0128. The van der Waals surface area contributed by atoms with Gasteiger partial charge in [-0.1, -0.05) is 0 Å². The molecule has 1 fully saturated rings. The predicted molar refractivity (Wildman–Crippen MR) is 92.2 cm³/mol. The molecule has 1 atom stereocenters. The molecule has 2 aromatic heterocycles. The van der Waals surface area contributed by atoms with Crippen LogP contribution < -0.4 is 15.5 Å². The molecule has 3 heterocycles. The average Bonchev–Trinajstić information content (AvgIpc) is 3.08. The quantitative estimate of drug-likeness (QED) is 0.841. The van der Waals surface area contributed by atoms with E-state index in [0.717, 1.165) is 31.3 Å². The molecular weight excluding hydrogens is 347 g/mol. The topological polar surface area (TPSA) is 78.9 Å². The van der Waals surface area contributed by atoms with Crippen LogP contribution in [0.1, 0.15) is 24.1 Å². The molecule has 0 radical (unpaired) electrons. The Balaban J connectivity index is 1.75. The number of aryl methyl sites for hydroxylation is 1. The Labute approximate surface area is 149 Å². The van der Waals surface area contributed by atoms with Crippen LogP contribution in [0.2, 0.25) is 0 Å². The molecule has 3 rings (SSSR count). The fraction of sp³-hybridized carbons (Fsp3) is 0.500. The fourth-order valence-corrected chi connectivity index (χ4v) is 3.04. The molecule has 2 N–H and O–H groups in total. The summed E-state index contributed by atoms with van der Waals surface area (Å²) in [4.78, 5) is 10.4. The number of rotatable bonds is 5. The Morgan fingerprint density at radius 1 is 1.23 bits per heavy atom. The first-order chi connectivity index (χ1) is 12.4. The van der Waals surface area contributed by atoms with E-state index in [-0.39, 0.29) is 17.6 Å². The van der Waals surface area contributed by atoms with Gasteiger partial charge in [0.15, 0.2) is 5.82 Å². The van der Waals surface area contributed by atoms with Crippen LogP contribution in [0, 0.1) is 6.92 Å². The summed E-state index contributed by atoms with van der Waals surface area (Å²) in [5.41, 5.74) is -0.569. The van der Waals surface area contributed by atoms with Crippen LogP contribution in [0.3, 0.4) is 0 Å². The Morgan fingerprint density at radius 3 is 2.77 bits per heavy atom. The van der Waals surface area contributed by atoms with Gasteiger partial charge in [-0.15, -0.1) is 5.10 Å². The third-order valence-electron chi connectivity index (χ3n) is 4.31. The lowest BCUT2D eigenvalue weighted by atomic mass is 10.2. The van der Waals surface area contributed by atoms with Gasteiger partial charge in [-0.25, -0.2) is 9.97 Å². The van der Waals surface area contributed by atoms with E-state index in [0.29, 0.717) is 12.4 Å². The van der Waals surface area contributed by atoms with Gasteiger partial charge in [-0.2, -0.15) is 18.3 Å². The molecule has 0 amide bonds. The van der Waals surface area contributed by atoms with Crippen LogP contribution in [-0.4, -0.2) is 46.3 Å². The summed E-state index contributed by atoms with van der Waals surface area (Å²) in [6.45, 7) is 2.59. The van der Waals surface area contributed by atoms with E-state index in [9.17, 15) is 13.2 Å². The molecular formula is C16H20F3N7. The molecule has 26 heavy (non-hydrogen) atoms. The molecule has 1 unspecified atom stereocenters. The van der Waals surface area contributed by atoms with Gasteiger partial charge in [0.1, 0.15) is 23.5 Å². The van der Waals surface area contributed by atoms with Crippen LogP contribution >= 0.6 is 0 Å². The van der Waals surface area contributed by atoms with Crippen molar-refractivity contribution in [1.29, 1.82) is 0 Å². The molecule has 10 heteroatoms. The first-order valence-corrected chi connectivity index (χ1v) is 8.30. The zero-order valence-corrected chi connectivity index (χ0v) is 14.5. The molecule has 1 aliphatic rings. The molecule has 0 saturated carbocycles. The van der Waals surface area contributed by atoms with E-state index in [1.54, 1.807) is 7.05 Å². The Bertz CT molecular complexity index is 766. The van der Waals surface area contributed by atoms with Crippen molar-refractivity contribution in [1.82, 2.24) is 20.2 Å². The van der Waals surface area contributed by atoms with Crippen molar-refractivity contribution in [3.8, 4) is 0 Å². The predicted octanol–water partition coefficient (Wildman–Crippen LogP) is 2.72. The van der Waals surface area contributed by atoms with Crippen molar-refractivity contribution in [3.63, 3.8) is 0 Å². The molecule has 0 aliphatic carbocycles. The lowest BCUT2D eigenvalue weighted by Gasteiger charge is -2.26. The SMILES string of the molecule is CNc1cc(N2CCCC2CNc2nnc(C)cc2C(F)(F)F)ncn1. The van der Waals surface area contributed by atoms with E-state index < -0.39 is 11.7 Å². The molecule has 0 spiro atoms. The lowest BCUT2D eigenvalue weighted by Crippen LogP contribution is -2.36. The minimum atomic E-state index is -4.48. The Kier molecular flexibility index (Phi) is 5.10. The van der Waals surface area contributed by atoms with Gasteiger partial charge in [0.2, 0.25) is 0 Å². The van der Waals surface area contributed by atoms with Gasteiger partial charge in [0, 0.05) is 32.2 Å². The Hall–Kier alpha value is -2.65. The molecule has 1 saturated heterocycles. The van der Waals surface area contributed by atoms with Crippen LogP contribution in [0.5, 0.6) is 0 Å². The smallest absolute Gasteiger partial charge is 0.373 e. The standard InChI is InChI=1S/C16H20F3N7/c1-10-6-12(16(17,18)19)15(25-24-10)21-8-11-4-3-5-26(11)14-7-13(20-2)22-9-23-14/h6-7,9,11H,3-5,8H2,1-2H3,(H,21,25)(H,20,22,23). The number of halogens is 3. The highest BCUT2D eigenvalue weighted by Gasteiger charge is 2.35. The van der Waals surface area contributed by atoms with Gasteiger partial charge >= 0.3 is 6.18 Å². The van der Waals surface area contributed by atoms with E-state index in [1.807, 2.05) is 6.07 Å². The third-order valence-corrected chi connectivity index (χ3v) is 4.31. The van der Waals surface area contributed by atoms with Gasteiger partial charge in [-0.05, 0) is 25.8 Å². The van der Waals surface area contributed by atoms with Crippen molar-refractivity contribution in [2.45, 2.75) is 32.0 Å². The maximum absolute atomic E-state index is 13.2. The van der Waals surface area contributed by atoms with Crippen molar-refractivity contribution in [2.24, 2.45) is 0 Å². The number of alkyl halides is 3. The van der Waals surface area contributed by atoms with Crippen LogP contribution in [0.25, 0.3) is 0 Å². The molecule has 7 nitrogen and oxygen atoms in total. The molecule has 1 aliphatic heterocycles. The summed E-state index contributed by atoms with van der Waals surface area (Å²) < 4.78 is 39.6. The zero-order chi connectivity index (χ0) is 18.7. The first kappa shape index (κ1) is 18.2. The highest BCUT2D eigenvalue weighted by atomic mass is 19.4. The van der Waals surface area contributed by atoms with Gasteiger partial charge < -0.3 is 15.5 Å². The summed E-state index contributed by atoms with van der Waals surface area (Å²) in [6.07, 6.45) is -1.21. The fourth-order valence-electron chi connectivity index (χ4n) is 3.04. The molecule has 2 aromatic rings. The molecule has 0 bridgehead atoms. The number of hydrogen-bond acceptors (Lipinski definition) is 7.